The number of hydrogen-bond donors (Lipinski definition) is 0. The molecule has 3 rings (SSSR count). The van der Waals surface area contributed by atoms with Crippen LogP contribution in [0.3, 0.4) is 0 Å². The van der Waals surface area contributed by atoms with Gasteiger partial charge in [0.2, 0.25) is 0 Å². The van der Waals surface area contributed by atoms with Gasteiger partial charge in [0.25, 0.3) is 11.9 Å². The van der Waals surface area contributed by atoms with E-state index in [1.165, 1.54) is 12.7 Å². The molecule has 2 aromatic rings. The van der Waals surface area contributed by atoms with Crippen molar-refractivity contribution >= 4 is 5.91 Å². The summed E-state index contributed by atoms with van der Waals surface area (Å²) >= 11 is 0. The van der Waals surface area contributed by atoms with Gasteiger partial charge in [0.05, 0.1) is 14.2 Å². The first kappa shape index (κ1) is 23.2. The van der Waals surface area contributed by atoms with E-state index in [2.05, 4.69) is 21.9 Å². The van der Waals surface area contributed by atoms with Gasteiger partial charge >= 0.3 is 0 Å². The van der Waals surface area contributed by atoms with Crippen molar-refractivity contribution in [3.63, 3.8) is 0 Å². The number of amides is 1. The van der Waals surface area contributed by atoms with Crippen LogP contribution < -0.4 is 9.47 Å². The molecular weight excluding hydrogens is 394 g/mol. The number of likely N-dealkylation sites (tertiary alicyclic amines) is 1. The maximum Gasteiger partial charge on any atom is 0.289 e. The van der Waals surface area contributed by atoms with Crippen molar-refractivity contribution in [3.8, 4) is 11.7 Å². The summed E-state index contributed by atoms with van der Waals surface area (Å²) in [6.45, 7) is 5.08. The Morgan fingerprint density at radius 2 is 1.94 bits per heavy atom. The predicted octanol–water partition coefficient (Wildman–Crippen LogP) is 3.21. The molecule has 1 aromatic heterocycles. The molecule has 170 valence electrons. The summed E-state index contributed by atoms with van der Waals surface area (Å²) in [5, 5.41) is 0. The molecule has 1 aliphatic rings. The standard InChI is InChI=1S/C24H35N3O4/c1-25(2)14-15-27(24(28)22-11-12-23(30-4)31-22)17-19-8-7-13-26(16-19)18-20-9-5-6-10-21(20)29-3/h5-6,9-12,19H,7-8,13-18H2,1-4H3/t19-/m0/s1. The first-order valence-corrected chi connectivity index (χ1v) is 10.9. The van der Waals surface area contributed by atoms with Gasteiger partial charge in [-0.15, -0.1) is 0 Å². The van der Waals surface area contributed by atoms with Gasteiger partial charge in [-0.05, 0) is 51.5 Å². The highest BCUT2D eigenvalue weighted by Crippen LogP contribution is 2.25. The minimum atomic E-state index is -0.0768. The largest absolute Gasteiger partial charge is 0.496 e. The van der Waals surface area contributed by atoms with Gasteiger partial charge < -0.3 is 23.7 Å². The Labute approximate surface area is 185 Å². The first-order chi connectivity index (χ1) is 15.0. The molecule has 0 aliphatic carbocycles. The van der Waals surface area contributed by atoms with E-state index < -0.39 is 0 Å². The minimum absolute atomic E-state index is 0.0768. The van der Waals surface area contributed by atoms with E-state index in [4.69, 9.17) is 13.9 Å². The zero-order chi connectivity index (χ0) is 22.2. The average molecular weight is 430 g/mol. The Morgan fingerprint density at radius 1 is 1.13 bits per heavy atom. The van der Waals surface area contributed by atoms with E-state index in [1.54, 1.807) is 19.2 Å². The Morgan fingerprint density at radius 3 is 2.65 bits per heavy atom. The summed E-state index contributed by atoms with van der Waals surface area (Å²) in [5.74, 6) is 1.96. The minimum Gasteiger partial charge on any atom is -0.496 e. The molecule has 7 heteroatoms. The van der Waals surface area contributed by atoms with Crippen LogP contribution in [-0.2, 0) is 6.54 Å². The molecule has 1 saturated heterocycles. The summed E-state index contributed by atoms with van der Waals surface area (Å²) in [6.07, 6.45) is 2.25. The van der Waals surface area contributed by atoms with Crippen molar-refractivity contribution in [2.45, 2.75) is 19.4 Å². The van der Waals surface area contributed by atoms with Crippen LogP contribution in [0.4, 0.5) is 0 Å². The zero-order valence-corrected chi connectivity index (χ0v) is 19.2. The number of carbonyl (C=O) groups is 1. The van der Waals surface area contributed by atoms with Crippen molar-refractivity contribution < 1.29 is 18.7 Å². The summed E-state index contributed by atoms with van der Waals surface area (Å²) in [6, 6.07) is 11.6. The fourth-order valence-corrected chi connectivity index (χ4v) is 4.13. The zero-order valence-electron chi connectivity index (χ0n) is 19.2. The van der Waals surface area contributed by atoms with Crippen LogP contribution in [0.2, 0.25) is 0 Å². The van der Waals surface area contributed by atoms with E-state index in [-0.39, 0.29) is 5.91 Å². The average Bonchev–Trinajstić information content (AvgIpc) is 3.26. The van der Waals surface area contributed by atoms with Crippen molar-refractivity contribution in [1.82, 2.24) is 14.7 Å². The Kier molecular flexibility index (Phi) is 8.37. The van der Waals surface area contributed by atoms with E-state index in [9.17, 15) is 4.79 Å². The van der Waals surface area contributed by atoms with Crippen LogP contribution in [0.15, 0.2) is 40.8 Å². The van der Waals surface area contributed by atoms with Gasteiger partial charge in [-0.25, -0.2) is 0 Å². The number of furan rings is 1. The molecule has 0 unspecified atom stereocenters. The molecule has 2 heterocycles. The smallest absolute Gasteiger partial charge is 0.289 e. The third-order valence-electron chi connectivity index (χ3n) is 5.77. The number of hydrogen-bond acceptors (Lipinski definition) is 6. The summed E-state index contributed by atoms with van der Waals surface area (Å²) in [5.41, 5.74) is 1.20. The highest BCUT2D eigenvalue weighted by molar-refractivity contribution is 5.91. The number of rotatable bonds is 10. The second-order valence-electron chi connectivity index (χ2n) is 8.43. The highest BCUT2D eigenvalue weighted by Gasteiger charge is 2.27. The Balaban J connectivity index is 1.65. The maximum atomic E-state index is 13.1. The number of nitrogens with zero attached hydrogens (tertiary/aromatic N) is 3. The van der Waals surface area contributed by atoms with Crippen LogP contribution in [0.5, 0.6) is 11.7 Å². The first-order valence-electron chi connectivity index (χ1n) is 10.9. The van der Waals surface area contributed by atoms with E-state index in [1.807, 2.05) is 31.1 Å². The predicted molar refractivity (Wildman–Crippen MR) is 121 cm³/mol. The lowest BCUT2D eigenvalue weighted by molar-refractivity contribution is 0.0624. The maximum absolute atomic E-state index is 13.1. The fourth-order valence-electron chi connectivity index (χ4n) is 4.13. The molecule has 1 atom stereocenters. The van der Waals surface area contributed by atoms with Crippen molar-refractivity contribution in [3.05, 3.63) is 47.7 Å². The SMILES string of the molecule is COc1ccc(C(=O)N(CCN(C)C)C[C@H]2CCCN(Cc3ccccc3OC)C2)o1. The summed E-state index contributed by atoms with van der Waals surface area (Å²) in [4.78, 5) is 19.6. The van der Waals surface area contributed by atoms with Crippen LogP contribution in [0, 0.1) is 5.92 Å². The molecule has 0 spiro atoms. The Bertz CT molecular complexity index is 836. The quantitative estimate of drug-likeness (QED) is 0.578. The van der Waals surface area contributed by atoms with Gasteiger partial charge in [0.15, 0.2) is 5.76 Å². The highest BCUT2D eigenvalue weighted by atomic mass is 16.6. The molecule has 0 saturated carbocycles. The van der Waals surface area contributed by atoms with Crippen LogP contribution in [0.25, 0.3) is 0 Å². The number of piperidine rings is 1. The van der Waals surface area contributed by atoms with Crippen LogP contribution in [0.1, 0.15) is 29.0 Å². The molecule has 31 heavy (non-hydrogen) atoms. The van der Waals surface area contributed by atoms with E-state index in [0.29, 0.717) is 24.2 Å². The third-order valence-corrected chi connectivity index (χ3v) is 5.77. The van der Waals surface area contributed by atoms with Gasteiger partial charge in [-0.1, -0.05) is 18.2 Å². The van der Waals surface area contributed by atoms with Crippen molar-refractivity contribution in [1.29, 1.82) is 0 Å². The van der Waals surface area contributed by atoms with Crippen LogP contribution >= 0.6 is 0 Å². The fraction of sp³-hybridized carbons (Fsp3) is 0.542. The topological polar surface area (TPSA) is 58.4 Å². The third kappa shape index (κ3) is 6.48. The molecule has 1 aromatic carbocycles. The number of carbonyl (C=O) groups excluding carboxylic acids is 1. The van der Waals surface area contributed by atoms with Gasteiger partial charge in [-0.2, -0.15) is 0 Å². The number of likely N-dealkylation sites (N-methyl/N-ethyl adjacent to an activating group) is 1. The van der Waals surface area contributed by atoms with E-state index >= 15 is 0 Å². The lowest BCUT2D eigenvalue weighted by atomic mass is 9.96. The number of methoxy groups -OCH3 is 2. The summed E-state index contributed by atoms with van der Waals surface area (Å²) < 4.78 is 16.2. The van der Waals surface area contributed by atoms with Crippen molar-refractivity contribution in [2.75, 3.05) is 61.0 Å². The number of benzene rings is 1. The van der Waals surface area contributed by atoms with Gasteiger partial charge in [-0.3, -0.25) is 9.69 Å². The number of para-hydroxylation sites is 1. The lowest BCUT2D eigenvalue weighted by Crippen LogP contribution is -2.44. The van der Waals surface area contributed by atoms with Gasteiger partial charge in [0, 0.05) is 44.4 Å². The Hall–Kier alpha value is -2.51. The monoisotopic (exact) mass is 429 g/mol. The van der Waals surface area contributed by atoms with Gasteiger partial charge in [0.1, 0.15) is 5.75 Å². The molecule has 1 fully saturated rings. The summed E-state index contributed by atoms with van der Waals surface area (Å²) in [7, 11) is 7.30. The molecule has 0 bridgehead atoms. The van der Waals surface area contributed by atoms with Crippen LogP contribution in [-0.4, -0.2) is 81.6 Å². The second kappa shape index (κ2) is 11.2. The lowest BCUT2D eigenvalue weighted by Gasteiger charge is -2.36. The molecular formula is C24H35N3O4. The molecule has 0 radical (unpaired) electrons. The molecule has 1 aliphatic heterocycles. The second-order valence-corrected chi connectivity index (χ2v) is 8.43. The molecule has 7 nitrogen and oxygen atoms in total. The number of ether oxygens (including phenoxy) is 2. The molecule has 0 N–H and O–H groups in total. The molecule has 1 amide bonds. The van der Waals surface area contributed by atoms with Crippen molar-refractivity contribution in [2.24, 2.45) is 5.92 Å². The normalized spacial score (nSPS) is 17.0. The van der Waals surface area contributed by atoms with E-state index in [0.717, 1.165) is 51.3 Å².